The van der Waals surface area contributed by atoms with Crippen LogP contribution >= 0.6 is 0 Å². The molecule has 2 aliphatic rings. The lowest BCUT2D eigenvalue weighted by Crippen LogP contribution is -2.56. The van der Waals surface area contributed by atoms with Crippen molar-refractivity contribution in [2.45, 2.75) is 38.3 Å². The smallest absolute Gasteiger partial charge is 0.407 e. The number of carbonyl (C=O) groups is 3. The third-order valence-electron chi connectivity index (χ3n) is 6.62. The Hall–Kier alpha value is -3.39. The highest BCUT2D eigenvalue weighted by atomic mass is 16.5. The average molecular weight is 453 g/mol. The fourth-order valence-electron chi connectivity index (χ4n) is 4.54. The maximum absolute atomic E-state index is 12.8. The number of carboxylic acid groups (broad SMARTS) is 1. The van der Waals surface area contributed by atoms with E-state index in [0.717, 1.165) is 22.3 Å². The van der Waals surface area contributed by atoms with Crippen molar-refractivity contribution in [3.63, 3.8) is 0 Å². The van der Waals surface area contributed by atoms with Gasteiger partial charge in [-0.2, -0.15) is 0 Å². The van der Waals surface area contributed by atoms with E-state index in [1.807, 2.05) is 36.4 Å². The normalized spacial score (nSPS) is 22.2. The highest BCUT2D eigenvalue weighted by Crippen LogP contribution is 2.44. The number of aliphatic carboxylic acids is 1. The summed E-state index contributed by atoms with van der Waals surface area (Å²) in [6.45, 7) is 3.70. The Morgan fingerprint density at radius 3 is 2.30 bits per heavy atom. The number of carbonyl (C=O) groups excluding carboxylic acids is 2. The summed E-state index contributed by atoms with van der Waals surface area (Å²) in [5.41, 5.74) is 3.39. The highest BCUT2D eigenvalue weighted by molar-refractivity contribution is 5.88. The maximum atomic E-state index is 12.8. The summed E-state index contributed by atoms with van der Waals surface area (Å²) >= 11 is 0. The zero-order valence-electron chi connectivity index (χ0n) is 18.7. The molecule has 2 amide bonds. The van der Waals surface area contributed by atoms with Crippen molar-refractivity contribution in [1.82, 2.24) is 10.6 Å². The van der Waals surface area contributed by atoms with E-state index in [9.17, 15) is 19.5 Å². The summed E-state index contributed by atoms with van der Waals surface area (Å²) in [5.74, 6) is -1.65. The van der Waals surface area contributed by atoms with E-state index in [1.54, 1.807) is 13.8 Å². The Bertz CT molecular complexity index is 1020. The second-order valence-corrected chi connectivity index (χ2v) is 8.73. The van der Waals surface area contributed by atoms with Crippen molar-refractivity contribution < 1.29 is 29.0 Å². The minimum atomic E-state index is -1.10. The standard InChI is InChI=1S/C25H28N2O6/c1-3-20(22(28)29)26-23(30)25(2)14-32-13-21(25)27-24(31)33-12-19-17-10-6-4-8-15(17)16-9-5-7-11-18(16)19/h4-11,19-21H,3,12-14H2,1-2H3,(H,26,30)(H,27,31)(H,28,29). The summed E-state index contributed by atoms with van der Waals surface area (Å²) in [6, 6.07) is 14.5. The van der Waals surface area contributed by atoms with Crippen LogP contribution in [0.25, 0.3) is 11.1 Å². The number of amides is 2. The van der Waals surface area contributed by atoms with Gasteiger partial charge in [0.15, 0.2) is 0 Å². The quantitative estimate of drug-likeness (QED) is 0.595. The van der Waals surface area contributed by atoms with E-state index < -0.39 is 35.5 Å². The van der Waals surface area contributed by atoms with Crippen LogP contribution in [0, 0.1) is 5.41 Å². The predicted octanol–water partition coefficient (Wildman–Crippen LogP) is 2.91. The zero-order valence-corrected chi connectivity index (χ0v) is 18.7. The van der Waals surface area contributed by atoms with E-state index in [-0.39, 0.29) is 32.2 Å². The SMILES string of the molecule is CCC(NC(=O)C1(C)COCC1NC(=O)OCC1c2ccccc2-c2ccccc21)C(=O)O. The fraction of sp³-hybridized carbons (Fsp3) is 0.400. The van der Waals surface area contributed by atoms with Gasteiger partial charge >= 0.3 is 12.1 Å². The Morgan fingerprint density at radius 2 is 1.73 bits per heavy atom. The van der Waals surface area contributed by atoms with Gasteiger partial charge in [0, 0.05) is 5.92 Å². The van der Waals surface area contributed by atoms with Gasteiger partial charge in [-0.15, -0.1) is 0 Å². The van der Waals surface area contributed by atoms with Crippen LogP contribution in [0.5, 0.6) is 0 Å². The van der Waals surface area contributed by atoms with Gasteiger partial charge in [-0.05, 0) is 35.6 Å². The first-order valence-corrected chi connectivity index (χ1v) is 11.1. The first-order valence-electron chi connectivity index (χ1n) is 11.1. The molecule has 0 spiro atoms. The Labute approximate surface area is 192 Å². The molecule has 1 aliphatic carbocycles. The van der Waals surface area contributed by atoms with Gasteiger partial charge in [-0.1, -0.05) is 55.5 Å². The minimum absolute atomic E-state index is 0.0708. The van der Waals surface area contributed by atoms with Crippen LogP contribution < -0.4 is 10.6 Å². The van der Waals surface area contributed by atoms with E-state index in [4.69, 9.17) is 9.47 Å². The molecule has 3 N–H and O–H groups in total. The van der Waals surface area contributed by atoms with Gasteiger partial charge in [0.2, 0.25) is 5.91 Å². The Balaban J connectivity index is 1.41. The maximum Gasteiger partial charge on any atom is 0.407 e. The molecule has 0 saturated carbocycles. The molecule has 174 valence electrons. The van der Waals surface area contributed by atoms with Gasteiger partial charge in [0.1, 0.15) is 12.6 Å². The third kappa shape index (κ3) is 4.30. The summed E-state index contributed by atoms with van der Waals surface area (Å²) in [4.78, 5) is 36.8. The molecule has 1 fully saturated rings. The van der Waals surface area contributed by atoms with Gasteiger partial charge in [-0.3, -0.25) is 4.79 Å². The number of ether oxygens (including phenoxy) is 2. The number of rotatable bonds is 7. The first-order chi connectivity index (χ1) is 15.8. The number of fused-ring (bicyclic) bond motifs is 3. The lowest BCUT2D eigenvalue weighted by atomic mass is 9.84. The van der Waals surface area contributed by atoms with Crippen LogP contribution in [0.15, 0.2) is 48.5 Å². The van der Waals surface area contributed by atoms with Crippen molar-refractivity contribution >= 4 is 18.0 Å². The van der Waals surface area contributed by atoms with Crippen LogP contribution in [-0.2, 0) is 19.1 Å². The predicted molar refractivity (Wildman–Crippen MR) is 121 cm³/mol. The van der Waals surface area contributed by atoms with Gasteiger partial charge < -0.3 is 25.2 Å². The summed E-state index contributed by atoms with van der Waals surface area (Å²) < 4.78 is 11.0. The van der Waals surface area contributed by atoms with E-state index in [0.29, 0.717) is 0 Å². The number of alkyl carbamates (subject to hydrolysis) is 1. The second-order valence-electron chi connectivity index (χ2n) is 8.73. The molecular formula is C25H28N2O6. The monoisotopic (exact) mass is 452 g/mol. The lowest BCUT2D eigenvalue weighted by Gasteiger charge is -2.30. The second kappa shape index (κ2) is 9.23. The number of hydrogen-bond donors (Lipinski definition) is 3. The minimum Gasteiger partial charge on any atom is -0.480 e. The molecule has 33 heavy (non-hydrogen) atoms. The van der Waals surface area contributed by atoms with Gasteiger partial charge in [0.05, 0.1) is 24.7 Å². The molecule has 1 aliphatic heterocycles. The molecular weight excluding hydrogens is 424 g/mol. The molecule has 0 bridgehead atoms. The molecule has 2 aromatic rings. The number of hydrogen-bond acceptors (Lipinski definition) is 5. The van der Waals surface area contributed by atoms with Crippen LogP contribution in [0.1, 0.15) is 37.3 Å². The Kier molecular flexibility index (Phi) is 6.37. The van der Waals surface area contributed by atoms with Gasteiger partial charge in [-0.25, -0.2) is 9.59 Å². The molecule has 0 radical (unpaired) electrons. The summed E-state index contributed by atoms with van der Waals surface area (Å²) in [6.07, 6.45) is -0.390. The van der Waals surface area contributed by atoms with E-state index in [2.05, 4.69) is 22.8 Å². The van der Waals surface area contributed by atoms with Crippen LogP contribution in [0.4, 0.5) is 4.79 Å². The van der Waals surface area contributed by atoms with Crippen molar-refractivity contribution in [1.29, 1.82) is 0 Å². The van der Waals surface area contributed by atoms with Gasteiger partial charge in [0.25, 0.3) is 0 Å². The van der Waals surface area contributed by atoms with Crippen LogP contribution in [0.2, 0.25) is 0 Å². The molecule has 3 unspecified atom stereocenters. The molecule has 2 aromatic carbocycles. The first kappa shape index (κ1) is 22.8. The van der Waals surface area contributed by atoms with Crippen molar-refractivity contribution in [3.05, 3.63) is 59.7 Å². The lowest BCUT2D eigenvalue weighted by molar-refractivity contribution is -0.144. The molecule has 0 aromatic heterocycles. The molecule has 1 saturated heterocycles. The van der Waals surface area contributed by atoms with Crippen LogP contribution in [0.3, 0.4) is 0 Å². The van der Waals surface area contributed by atoms with Crippen LogP contribution in [-0.4, -0.2) is 55.0 Å². The van der Waals surface area contributed by atoms with Crippen molar-refractivity contribution in [3.8, 4) is 11.1 Å². The summed E-state index contributed by atoms with van der Waals surface area (Å²) in [7, 11) is 0. The zero-order chi connectivity index (χ0) is 23.6. The molecule has 8 nitrogen and oxygen atoms in total. The fourth-order valence-corrected chi connectivity index (χ4v) is 4.54. The van der Waals surface area contributed by atoms with Crippen molar-refractivity contribution in [2.75, 3.05) is 19.8 Å². The highest BCUT2D eigenvalue weighted by Gasteiger charge is 2.48. The molecule has 3 atom stereocenters. The number of nitrogens with one attached hydrogen (secondary N) is 2. The molecule has 8 heteroatoms. The molecule has 1 heterocycles. The number of benzene rings is 2. The number of carboxylic acids is 1. The van der Waals surface area contributed by atoms with Crippen molar-refractivity contribution in [2.24, 2.45) is 5.41 Å². The average Bonchev–Trinajstić information content (AvgIpc) is 3.34. The van der Waals surface area contributed by atoms with E-state index in [1.165, 1.54) is 0 Å². The third-order valence-corrected chi connectivity index (χ3v) is 6.62. The summed E-state index contributed by atoms with van der Waals surface area (Å²) in [5, 5.41) is 14.5. The van der Waals surface area contributed by atoms with E-state index >= 15 is 0 Å². The molecule has 4 rings (SSSR count). The topological polar surface area (TPSA) is 114 Å². The largest absolute Gasteiger partial charge is 0.480 e. The Morgan fingerprint density at radius 1 is 1.12 bits per heavy atom.